The molecule has 7 nitrogen and oxygen atoms in total. The molecule has 0 aliphatic heterocycles. The lowest BCUT2D eigenvalue weighted by Gasteiger charge is -2.10. The monoisotopic (exact) mass is 484 g/mol. The first kappa shape index (κ1) is 23.1. The van der Waals surface area contributed by atoms with Gasteiger partial charge in [0.1, 0.15) is 0 Å². The molecule has 0 unspecified atom stereocenters. The van der Waals surface area contributed by atoms with Crippen LogP contribution in [0.5, 0.6) is 11.5 Å². The summed E-state index contributed by atoms with van der Waals surface area (Å²) in [5.74, 6) is -1.40. The predicted octanol–water partition coefficient (Wildman–Crippen LogP) is 5.34. The summed E-state index contributed by atoms with van der Waals surface area (Å²) >= 11 is 3.04. The van der Waals surface area contributed by atoms with Gasteiger partial charge in [0, 0.05) is 22.3 Å². The van der Waals surface area contributed by atoms with Gasteiger partial charge in [-0.2, -0.15) is 8.78 Å². The summed E-state index contributed by atoms with van der Waals surface area (Å²) in [5, 5.41) is 14.5. The number of alkyl halides is 2. The van der Waals surface area contributed by atoms with E-state index in [0.29, 0.717) is 49.0 Å². The summed E-state index contributed by atoms with van der Waals surface area (Å²) in [7, 11) is 3.07. The van der Waals surface area contributed by atoms with Crippen LogP contribution in [0, 0.1) is 0 Å². The highest BCUT2D eigenvalue weighted by Crippen LogP contribution is 2.31. The highest BCUT2D eigenvalue weighted by Gasteiger charge is 2.11. The summed E-state index contributed by atoms with van der Waals surface area (Å²) in [6.45, 7) is 0. The maximum atomic E-state index is 12.4. The second-order valence-electron chi connectivity index (χ2n) is 5.81. The fraction of sp³-hybridized carbons (Fsp3) is 0.211. The molecule has 0 fully saturated rings. The number of thioether (sulfide) groups is 2. The van der Waals surface area contributed by atoms with Gasteiger partial charge in [0.15, 0.2) is 15.8 Å². The van der Waals surface area contributed by atoms with Gasteiger partial charge in [-0.05, 0) is 36.4 Å². The maximum absolute atomic E-state index is 12.4. The van der Waals surface area contributed by atoms with Gasteiger partial charge in [0.05, 0.1) is 20.0 Å². The molecule has 0 bridgehead atoms. The zero-order valence-corrected chi connectivity index (χ0v) is 18.9. The van der Waals surface area contributed by atoms with Crippen molar-refractivity contribution in [2.75, 3.05) is 30.6 Å². The van der Waals surface area contributed by atoms with Crippen LogP contribution in [0.15, 0.2) is 51.7 Å². The van der Waals surface area contributed by atoms with Crippen molar-refractivity contribution < 1.29 is 23.0 Å². The molecule has 0 saturated carbocycles. The first-order valence-electron chi connectivity index (χ1n) is 8.77. The van der Waals surface area contributed by atoms with Crippen LogP contribution < -0.4 is 20.1 Å². The molecule has 1 aromatic heterocycles. The summed E-state index contributed by atoms with van der Waals surface area (Å²) in [4.78, 5) is 12.7. The number of rotatable bonds is 10. The number of methoxy groups -OCH3 is 2. The second-order valence-corrected chi connectivity index (χ2v) is 9.07. The zero-order chi connectivity index (χ0) is 22.2. The summed E-state index contributed by atoms with van der Waals surface area (Å²) < 4.78 is 35.8. The Hall–Kier alpha value is -2.57. The minimum atomic E-state index is -2.45. The first-order chi connectivity index (χ1) is 15.0. The van der Waals surface area contributed by atoms with Crippen molar-refractivity contribution in [1.82, 2.24) is 10.2 Å². The largest absolute Gasteiger partial charge is 0.493 e. The van der Waals surface area contributed by atoms with E-state index in [0.717, 1.165) is 0 Å². The third kappa shape index (κ3) is 6.97. The molecule has 31 heavy (non-hydrogen) atoms. The molecule has 0 saturated heterocycles. The van der Waals surface area contributed by atoms with E-state index in [1.54, 1.807) is 49.6 Å². The standard InChI is InChI=1S/C19H18F2N4O3S3/c1-27-14-8-5-12(9-15(14)28-2)22-16(26)10-29-19-25-24-18(31-19)23-11-3-6-13(7-4-11)30-17(20)21/h3-9,17H,10H2,1-2H3,(H,22,26)(H,23,24). The number of ether oxygens (including phenoxy) is 2. The molecule has 12 heteroatoms. The van der Waals surface area contributed by atoms with Gasteiger partial charge in [0.25, 0.3) is 5.76 Å². The van der Waals surface area contributed by atoms with Gasteiger partial charge < -0.3 is 20.1 Å². The predicted molar refractivity (Wildman–Crippen MR) is 120 cm³/mol. The average molecular weight is 485 g/mol. The molecule has 2 aromatic carbocycles. The van der Waals surface area contributed by atoms with Crippen molar-refractivity contribution >= 4 is 57.3 Å². The van der Waals surface area contributed by atoms with Gasteiger partial charge in [-0.25, -0.2) is 0 Å². The van der Waals surface area contributed by atoms with Crippen LogP contribution in [0.3, 0.4) is 0 Å². The van der Waals surface area contributed by atoms with E-state index in [1.807, 2.05) is 0 Å². The number of hydrogen-bond donors (Lipinski definition) is 2. The van der Waals surface area contributed by atoms with Crippen LogP contribution in [-0.2, 0) is 4.79 Å². The maximum Gasteiger partial charge on any atom is 0.288 e. The molecule has 164 valence electrons. The normalized spacial score (nSPS) is 10.7. The number of carbonyl (C=O) groups is 1. The Morgan fingerprint density at radius 3 is 2.45 bits per heavy atom. The van der Waals surface area contributed by atoms with Crippen LogP contribution in [0.2, 0.25) is 0 Å². The molecule has 0 aliphatic rings. The Bertz CT molecular complexity index is 1020. The van der Waals surface area contributed by atoms with Crippen molar-refractivity contribution in [2.24, 2.45) is 0 Å². The smallest absolute Gasteiger partial charge is 0.288 e. The summed E-state index contributed by atoms with van der Waals surface area (Å²) in [6, 6.07) is 11.7. The van der Waals surface area contributed by atoms with Gasteiger partial charge in [-0.3, -0.25) is 4.79 Å². The van der Waals surface area contributed by atoms with E-state index in [9.17, 15) is 13.6 Å². The lowest BCUT2D eigenvalue weighted by Crippen LogP contribution is -2.14. The summed E-state index contributed by atoms with van der Waals surface area (Å²) in [6.07, 6.45) is 0. The highest BCUT2D eigenvalue weighted by atomic mass is 32.2. The van der Waals surface area contributed by atoms with E-state index < -0.39 is 5.76 Å². The molecule has 0 atom stereocenters. The zero-order valence-electron chi connectivity index (χ0n) is 16.4. The molecule has 3 aromatic rings. The van der Waals surface area contributed by atoms with Crippen LogP contribution in [0.4, 0.5) is 25.3 Å². The molecular formula is C19H18F2N4O3S3. The fourth-order valence-electron chi connectivity index (χ4n) is 2.40. The molecule has 3 rings (SSSR count). The number of aromatic nitrogens is 2. The van der Waals surface area contributed by atoms with Crippen LogP contribution in [0.1, 0.15) is 0 Å². The Morgan fingerprint density at radius 1 is 1.06 bits per heavy atom. The molecule has 0 radical (unpaired) electrons. The molecular weight excluding hydrogens is 466 g/mol. The van der Waals surface area contributed by atoms with Gasteiger partial charge in [-0.15, -0.1) is 10.2 Å². The second kappa shape index (κ2) is 11.2. The van der Waals surface area contributed by atoms with Crippen molar-refractivity contribution in [2.45, 2.75) is 15.0 Å². The third-order valence-corrected chi connectivity index (χ3v) is 6.43. The van der Waals surface area contributed by atoms with Gasteiger partial charge in [0.2, 0.25) is 11.0 Å². The van der Waals surface area contributed by atoms with Crippen molar-refractivity contribution in [3.63, 3.8) is 0 Å². The van der Waals surface area contributed by atoms with E-state index in [-0.39, 0.29) is 11.7 Å². The number of halogens is 2. The molecule has 2 N–H and O–H groups in total. The number of amides is 1. The van der Waals surface area contributed by atoms with Crippen molar-refractivity contribution in [3.05, 3.63) is 42.5 Å². The Labute approximate surface area is 189 Å². The SMILES string of the molecule is COc1ccc(NC(=O)CSc2nnc(Nc3ccc(SC(F)F)cc3)s2)cc1OC. The molecule has 1 heterocycles. The minimum Gasteiger partial charge on any atom is -0.493 e. The van der Waals surface area contributed by atoms with Crippen molar-refractivity contribution in [1.29, 1.82) is 0 Å². The Kier molecular flexibility index (Phi) is 8.32. The molecule has 0 aliphatic carbocycles. The minimum absolute atomic E-state index is 0.155. The molecule has 0 spiro atoms. The number of hydrogen-bond acceptors (Lipinski definition) is 9. The highest BCUT2D eigenvalue weighted by molar-refractivity contribution is 8.01. The first-order valence-corrected chi connectivity index (χ1v) is 11.4. The molecule has 1 amide bonds. The Balaban J connectivity index is 1.50. The van der Waals surface area contributed by atoms with Gasteiger partial charge >= 0.3 is 0 Å². The fourth-order valence-corrected chi connectivity index (χ4v) is 4.47. The van der Waals surface area contributed by atoms with E-state index in [2.05, 4.69) is 20.8 Å². The van der Waals surface area contributed by atoms with E-state index in [1.165, 1.54) is 30.2 Å². The van der Waals surface area contributed by atoms with Crippen LogP contribution in [-0.4, -0.2) is 41.8 Å². The topological polar surface area (TPSA) is 85.4 Å². The average Bonchev–Trinajstić information content (AvgIpc) is 3.20. The third-order valence-electron chi connectivity index (χ3n) is 3.73. The van der Waals surface area contributed by atoms with Crippen LogP contribution in [0.25, 0.3) is 0 Å². The number of benzene rings is 2. The quantitative estimate of drug-likeness (QED) is 0.373. The number of nitrogens with zero attached hydrogens (tertiary/aromatic N) is 2. The number of carbonyl (C=O) groups excluding carboxylic acids is 1. The van der Waals surface area contributed by atoms with Crippen molar-refractivity contribution in [3.8, 4) is 11.5 Å². The lowest BCUT2D eigenvalue weighted by atomic mass is 10.2. The summed E-state index contributed by atoms with van der Waals surface area (Å²) in [5.41, 5.74) is 1.30. The number of anilines is 3. The van der Waals surface area contributed by atoms with Crippen LogP contribution >= 0.6 is 34.9 Å². The lowest BCUT2D eigenvalue weighted by molar-refractivity contribution is -0.113. The van der Waals surface area contributed by atoms with E-state index in [4.69, 9.17) is 9.47 Å². The van der Waals surface area contributed by atoms with E-state index >= 15 is 0 Å². The number of nitrogens with one attached hydrogen (secondary N) is 2. The van der Waals surface area contributed by atoms with Gasteiger partial charge in [-0.1, -0.05) is 34.9 Å². The Morgan fingerprint density at radius 2 is 1.77 bits per heavy atom.